The van der Waals surface area contributed by atoms with Gasteiger partial charge in [0.25, 0.3) is 0 Å². The summed E-state index contributed by atoms with van der Waals surface area (Å²) in [4.78, 5) is 26.4. The minimum atomic E-state index is 0.784. The van der Waals surface area contributed by atoms with Crippen LogP contribution in [0.3, 0.4) is 0 Å². The fourth-order valence-electron chi connectivity index (χ4n) is 4.67. The van der Waals surface area contributed by atoms with Crippen molar-refractivity contribution in [1.29, 1.82) is 0 Å². The Labute approximate surface area is 185 Å². The van der Waals surface area contributed by atoms with Gasteiger partial charge in [0.2, 0.25) is 0 Å². The minimum absolute atomic E-state index is 0.784. The van der Waals surface area contributed by atoms with Crippen molar-refractivity contribution in [3.63, 3.8) is 0 Å². The molecule has 6 nitrogen and oxygen atoms in total. The van der Waals surface area contributed by atoms with Crippen LogP contribution in [0.25, 0.3) is 21.6 Å². The summed E-state index contributed by atoms with van der Waals surface area (Å²) in [5.74, 6) is 1.90. The van der Waals surface area contributed by atoms with Crippen LogP contribution in [-0.2, 0) is 19.4 Å². The summed E-state index contributed by atoms with van der Waals surface area (Å²) in [6.07, 6.45) is 9.10. The third kappa shape index (κ3) is 3.58. The standard InChI is InChI=1S/C24H24N6S/c1-2-10-26-18(6-1)16-29-11-13-30(14-12-29)23-21-19-7-3-8-20(19)31-24(21)28-22(27-23)17-5-4-9-25-15-17/h1-2,4-6,9-10,15H,3,7-8,11-14,16H2. The third-order valence-corrected chi connectivity index (χ3v) is 7.43. The zero-order valence-corrected chi connectivity index (χ0v) is 18.2. The molecule has 1 fully saturated rings. The fraction of sp³-hybridized carbons (Fsp3) is 0.333. The van der Waals surface area contributed by atoms with Crippen LogP contribution < -0.4 is 4.90 Å². The maximum absolute atomic E-state index is 5.10. The number of pyridine rings is 2. The molecule has 0 radical (unpaired) electrons. The summed E-state index contributed by atoms with van der Waals surface area (Å²) in [5, 5.41) is 1.29. The number of anilines is 1. The van der Waals surface area contributed by atoms with E-state index in [0.29, 0.717) is 0 Å². The molecule has 1 saturated heterocycles. The average Bonchev–Trinajstić information content (AvgIpc) is 3.41. The van der Waals surface area contributed by atoms with E-state index < -0.39 is 0 Å². The molecule has 0 bridgehead atoms. The average molecular weight is 429 g/mol. The maximum atomic E-state index is 5.10. The molecule has 0 aromatic carbocycles. The number of nitrogens with zero attached hydrogens (tertiary/aromatic N) is 6. The maximum Gasteiger partial charge on any atom is 0.164 e. The number of fused-ring (bicyclic) bond motifs is 3. The molecule has 4 aromatic rings. The smallest absolute Gasteiger partial charge is 0.164 e. The second kappa shape index (κ2) is 7.98. The van der Waals surface area contributed by atoms with Gasteiger partial charge in [0.05, 0.1) is 11.1 Å². The third-order valence-electron chi connectivity index (χ3n) is 6.25. The lowest BCUT2D eigenvalue weighted by Crippen LogP contribution is -2.46. The first kappa shape index (κ1) is 18.8. The van der Waals surface area contributed by atoms with E-state index in [9.17, 15) is 0 Å². The Balaban J connectivity index is 1.33. The SMILES string of the molecule is c1ccc(CN2CCN(c3nc(-c4cccnc4)nc4sc5c(c34)CCC5)CC2)nc1. The first-order chi connectivity index (χ1) is 15.3. The molecule has 5 heterocycles. The summed E-state index contributed by atoms with van der Waals surface area (Å²) in [6.45, 7) is 4.86. The molecule has 4 aromatic heterocycles. The van der Waals surface area contributed by atoms with Gasteiger partial charge in [0.15, 0.2) is 5.82 Å². The van der Waals surface area contributed by atoms with E-state index >= 15 is 0 Å². The highest BCUT2D eigenvalue weighted by atomic mass is 32.1. The van der Waals surface area contributed by atoms with E-state index in [1.165, 1.54) is 28.7 Å². The molecule has 0 unspecified atom stereocenters. The van der Waals surface area contributed by atoms with E-state index in [4.69, 9.17) is 9.97 Å². The number of thiophene rings is 1. The van der Waals surface area contributed by atoms with E-state index in [0.717, 1.165) is 66.9 Å². The van der Waals surface area contributed by atoms with Crippen molar-refractivity contribution in [3.8, 4) is 11.4 Å². The van der Waals surface area contributed by atoms with Crippen molar-refractivity contribution in [3.05, 3.63) is 65.1 Å². The fourth-order valence-corrected chi connectivity index (χ4v) is 5.92. The lowest BCUT2D eigenvalue weighted by atomic mass is 10.1. The summed E-state index contributed by atoms with van der Waals surface area (Å²) < 4.78 is 0. The Morgan fingerprint density at radius 2 is 1.87 bits per heavy atom. The molecule has 156 valence electrons. The Kier molecular flexibility index (Phi) is 4.85. The van der Waals surface area contributed by atoms with E-state index in [-0.39, 0.29) is 0 Å². The molecule has 0 amide bonds. The van der Waals surface area contributed by atoms with Gasteiger partial charge in [0.1, 0.15) is 10.6 Å². The first-order valence-electron chi connectivity index (χ1n) is 10.9. The molecular weight excluding hydrogens is 404 g/mol. The Morgan fingerprint density at radius 3 is 2.68 bits per heavy atom. The highest BCUT2D eigenvalue weighted by Crippen LogP contribution is 2.41. The molecule has 0 spiro atoms. The zero-order valence-electron chi connectivity index (χ0n) is 17.4. The summed E-state index contributed by atoms with van der Waals surface area (Å²) >= 11 is 1.86. The van der Waals surface area contributed by atoms with Gasteiger partial charge in [-0.1, -0.05) is 6.07 Å². The minimum Gasteiger partial charge on any atom is -0.353 e. The van der Waals surface area contributed by atoms with Crippen LogP contribution in [-0.4, -0.2) is 51.0 Å². The van der Waals surface area contributed by atoms with Crippen molar-refractivity contribution in [1.82, 2.24) is 24.8 Å². The monoisotopic (exact) mass is 428 g/mol. The molecular formula is C24H24N6S. The molecule has 1 aliphatic heterocycles. The quantitative estimate of drug-likeness (QED) is 0.490. The second-order valence-electron chi connectivity index (χ2n) is 8.23. The molecule has 0 saturated carbocycles. The van der Waals surface area contributed by atoms with Crippen LogP contribution in [0.5, 0.6) is 0 Å². The Hall–Kier alpha value is -2.90. The lowest BCUT2D eigenvalue weighted by Gasteiger charge is -2.35. The molecule has 0 atom stereocenters. The van der Waals surface area contributed by atoms with Gasteiger partial charge in [0, 0.05) is 61.8 Å². The number of aromatic nitrogens is 4. The van der Waals surface area contributed by atoms with Crippen molar-refractivity contribution < 1.29 is 0 Å². The van der Waals surface area contributed by atoms with Gasteiger partial charge in [-0.05, 0) is 49.1 Å². The van der Waals surface area contributed by atoms with Gasteiger partial charge in [-0.2, -0.15) is 0 Å². The predicted molar refractivity (Wildman–Crippen MR) is 124 cm³/mol. The highest BCUT2D eigenvalue weighted by Gasteiger charge is 2.27. The van der Waals surface area contributed by atoms with Crippen LogP contribution in [0.1, 0.15) is 22.6 Å². The van der Waals surface area contributed by atoms with Crippen LogP contribution in [0.4, 0.5) is 5.82 Å². The molecule has 7 heteroatoms. The van der Waals surface area contributed by atoms with Crippen molar-refractivity contribution in [2.75, 3.05) is 31.1 Å². The predicted octanol–water partition coefficient (Wildman–Crippen LogP) is 3.96. The number of rotatable bonds is 4. The molecule has 1 aliphatic carbocycles. The summed E-state index contributed by atoms with van der Waals surface area (Å²) in [7, 11) is 0. The number of hydrogen-bond acceptors (Lipinski definition) is 7. The molecule has 31 heavy (non-hydrogen) atoms. The van der Waals surface area contributed by atoms with Crippen LogP contribution in [0.2, 0.25) is 0 Å². The summed E-state index contributed by atoms with van der Waals surface area (Å²) in [6, 6.07) is 10.1. The number of aryl methyl sites for hydroxylation is 2. The van der Waals surface area contributed by atoms with Crippen molar-refractivity contribution in [2.24, 2.45) is 0 Å². The van der Waals surface area contributed by atoms with Gasteiger partial charge in [-0.15, -0.1) is 11.3 Å². The van der Waals surface area contributed by atoms with Gasteiger partial charge < -0.3 is 4.90 Å². The zero-order chi connectivity index (χ0) is 20.6. The van der Waals surface area contributed by atoms with Crippen molar-refractivity contribution >= 4 is 27.4 Å². The molecule has 6 rings (SSSR count). The van der Waals surface area contributed by atoms with E-state index in [1.54, 1.807) is 6.20 Å². The number of hydrogen-bond donors (Lipinski definition) is 0. The number of piperazine rings is 1. The Bertz CT molecular complexity index is 1200. The van der Waals surface area contributed by atoms with Crippen LogP contribution in [0.15, 0.2) is 48.9 Å². The largest absolute Gasteiger partial charge is 0.353 e. The topological polar surface area (TPSA) is 58.0 Å². The van der Waals surface area contributed by atoms with Crippen LogP contribution >= 0.6 is 11.3 Å². The van der Waals surface area contributed by atoms with Crippen molar-refractivity contribution in [2.45, 2.75) is 25.8 Å². The molecule has 2 aliphatic rings. The Morgan fingerprint density at radius 1 is 0.935 bits per heavy atom. The van der Waals surface area contributed by atoms with Gasteiger partial charge in [-0.3, -0.25) is 14.9 Å². The lowest BCUT2D eigenvalue weighted by molar-refractivity contribution is 0.247. The van der Waals surface area contributed by atoms with Gasteiger partial charge >= 0.3 is 0 Å². The van der Waals surface area contributed by atoms with E-state index in [2.05, 4.69) is 31.9 Å². The second-order valence-corrected chi connectivity index (χ2v) is 9.32. The first-order valence-corrected chi connectivity index (χ1v) is 11.8. The highest BCUT2D eigenvalue weighted by molar-refractivity contribution is 7.19. The normalized spacial score (nSPS) is 16.7. The van der Waals surface area contributed by atoms with Gasteiger partial charge in [-0.25, -0.2) is 9.97 Å². The summed E-state index contributed by atoms with van der Waals surface area (Å²) in [5.41, 5.74) is 3.60. The molecule has 0 N–H and O–H groups in total. The van der Waals surface area contributed by atoms with Crippen LogP contribution in [0, 0.1) is 0 Å². The van der Waals surface area contributed by atoms with E-state index in [1.807, 2.05) is 41.9 Å².